The van der Waals surface area contributed by atoms with E-state index in [1.165, 1.54) is 7.05 Å². The fourth-order valence-corrected chi connectivity index (χ4v) is 2.58. The molecule has 1 saturated heterocycles. The third-order valence-electron chi connectivity index (χ3n) is 3.42. The van der Waals surface area contributed by atoms with Crippen molar-refractivity contribution in [3.63, 3.8) is 0 Å². The summed E-state index contributed by atoms with van der Waals surface area (Å²) >= 11 is 0. The monoisotopic (exact) mass is 318 g/mol. The van der Waals surface area contributed by atoms with Crippen molar-refractivity contribution in [1.82, 2.24) is 15.1 Å². The highest BCUT2D eigenvalue weighted by atomic mass is 19.3. The first-order valence-corrected chi connectivity index (χ1v) is 6.46. The minimum atomic E-state index is -3.21. The molecule has 0 spiro atoms. The van der Waals surface area contributed by atoms with Crippen molar-refractivity contribution in [1.29, 1.82) is 0 Å². The Balaban J connectivity index is 2.28. The van der Waals surface area contributed by atoms with Crippen LogP contribution in [-0.2, 0) is 7.05 Å². The summed E-state index contributed by atoms with van der Waals surface area (Å²) in [4.78, 5) is 22.0. The second-order valence-electron chi connectivity index (χ2n) is 5.13. The van der Waals surface area contributed by atoms with Crippen molar-refractivity contribution in [2.75, 3.05) is 18.0 Å². The number of hydrogen-bond acceptors (Lipinski definition) is 6. The van der Waals surface area contributed by atoms with Crippen LogP contribution in [0.15, 0.2) is 6.20 Å². The lowest BCUT2D eigenvalue weighted by molar-refractivity contribution is -0.384. The Morgan fingerprint density at radius 2 is 2.27 bits per heavy atom. The van der Waals surface area contributed by atoms with Gasteiger partial charge in [-0.15, -0.1) is 0 Å². The zero-order valence-corrected chi connectivity index (χ0v) is 11.7. The van der Waals surface area contributed by atoms with Gasteiger partial charge in [-0.05, 0) is 6.42 Å². The summed E-state index contributed by atoms with van der Waals surface area (Å²) in [5.41, 5.74) is -0.371. The van der Waals surface area contributed by atoms with E-state index < -0.39 is 35.9 Å². The van der Waals surface area contributed by atoms with Gasteiger partial charge in [-0.2, -0.15) is 5.10 Å². The molecule has 122 valence electrons. The van der Waals surface area contributed by atoms with Gasteiger partial charge in [0.2, 0.25) is 5.82 Å². The molecule has 1 aromatic heterocycles. The molecule has 0 saturated carbocycles. The summed E-state index contributed by atoms with van der Waals surface area (Å²) in [7, 11) is 1.42. The van der Waals surface area contributed by atoms with Crippen LogP contribution in [0.1, 0.15) is 12.8 Å². The number of aryl methyl sites for hydroxylation is 1. The number of rotatable bonds is 3. The van der Waals surface area contributed by atoms with Crippen molar-refractivity contribution in [2.24, 2.45) is 7.05 Å². The molecule has 0 bridgehead atoms. The average Bonchev–Trinajstić information content (AvgIpc) is 2.68. The van der Waals surface area contributed by atoms with Crippen LogP contribution >= 0.6 is 0 Å². The normalized spacial score (nSPS) is 21.2. The second kappa shape index (κ2) is 5.73. The highest BCUT2D eigenvalue weighted by Crippen LogP contribution is 2.33. The molecule has 1 unspecified atom stereocenters. The van der Waals surface area contributed by atoms with Crippen molar-refractivity contribution < 1.29 is 23.6 Å². The van der Waals surface area contributed by atoms with Crippen molar-refractivity contribution in [2.45, 2.75) is 24.8 Å². The fourth-order valence-electron chi connectivity index (χ4n) is 2.58. The lowest BCUT2D eigenvalue weighted by atomic mass is 10.1. The third-order valence-corrected chi connectivity index (χ3v) is 3.42. The number of nitrogens with one attached hydrogen (secondary N) is 1. The number of nitro groups is 1. The Kier molecular flexibility index (Phi) is 4.15. The highest BCUT2D eigenvalue weighted by Gasteiger charge is 2.40. The topological polar surface area (TPSA) is 116 Å². The number of carbonyl (C=O) groups excluding carboxylic acids is 1. The largest absolute Gasteiger partial charge is 0.530 e. The SMILES string of the molecule is Cn1ncc([N+](=O)[O-])c1N1CCC(NC(=O)[O-])CC(F)(F)C1. The number of carbonyl (C=O) groups is 1. The van der Waals surface area contributed by atoms with E-state index in [-0.39, 0.29) is 24.5 Å². The molecular formula is C11H14F2N5O4-. The van der Waals surface area contributed by atoms with Gasteiger partial charge in [-0.25, -0.2) is 13.5 Å². The second-order valence-corrected chi connectivity index (χ2v) is 5.13. The molecule has 11 heteroatoms. The van der Waals surface area contributed by atoms with Crippen LogP contribution in [0.25, 0.3) is 0 Å². The first kappa shape index (κ1) is 15.9. The molecule has 0 aliphatic carbocycles. The Bertz CT molecular complexity index is 591. The van der Waals surface area contributed by atoms with E-state index in [0.717, 1.165) is 15.8 Å². The van der Waals surface area contributed by atoms with Gasteiger partial charge in [0, 0.05) is 26.1 Å². The van der Waals surface area contributed by atoms with Crippen molar-refractivity contribution >= 4 is 17.6 Å². The lowest BCUT2D eigenvalue weighted by Gasteiger charge is -2.25. The molecule has 1 atom stereocenters. The Morgan fingerprint density at radius 3 is 2.86 bits per heavy atom. The van der Waals surface area contributed by atoms with Gasteiger partial charge in [0.05, 0.1) is 11.5 Å². The van der Waals surface area contributed by atoms with E-state index in [0.29, 0.717) is 0 Å². The summed E-state index contributed by atoms with van der Waals surface area (Å²) in [6.07, 6.45) is -1.25. The van der Waals surface area contributed by atoms with Crippen LogP contribution in [0, 0.1) is 10.1 Å². The van der Waals surface area contributed by atoms with Gasteiger partial charge in [0.15, 0.2) is 0 Å². The summed E-state index contributed by atoms with van der Waals surface area (Å²) in [5, 5.41) is 27.2. The molecule has 1 fully saturated rings. The van der Waals surface area contributed by atoms with Crippen LogP contribution in [0.3, 0.4) is 0 Å². The predicted molar refractivity (Wildman–Crippen MR) is 68.6 cm³/mol. The number of anilines is 1. The fraction of sp³-hybridized carbons (Fsp3) is 0.636. The van der Waals surface area contributed by atoms with E-state index in [2.05, 4.69) is 5.10 Å². The lowest BCUT2D eigenvalue weighted by Crippen LogP contribution is -2.45. The number of halogens is 2. The van der Waals surface area contributed by atoms with E-state index in [4.69, 9.17) is 0 Å². The molecule has 1 aromatic rings. The van der Waals surface area contributed by atoms with E-state index in [1.54, 1.807) is 0 Å². The quantitative estimate of drug-likeness (QED) is 0.613. The number of aromatic nitrogens is 2. The van der Waals surface area contributed by atoms with Gasteiger partial charge in [-0.3, -0.25) is 10.1 Å². The van der Waals surface area contributed by atoms with Gasteiger partial charge in [0.25, 0.3) is 5.92 Å². The molecule has 2 heterocycles. The van der Waals surface area contributed by atoms with Crippen LogP contribution < -0.4 is 15.3 Å². The standard InChI is InChI=1S/C11H15F2N5O4/c1-16-9(8(5-14-16)18(21)22)17-3-2-7(15-10(19)20)4-11(12,13)6-17/h5,7,15H,2-4,6H2,1H3,(H,19,20)/p-1. The number of alkyl halides is 2. The van der Waals surface area contributed by atoms with Crippen LogP contribution in [0.5, 0.6) is 0 Å². The van der Waals surface area contributed by atoms with E-state index in [1.807, 2.05) is 5.32 Å². The molecule has 0 aromatic carbocycles. The summed E-state index contributed by atoms with van der Waals surface area (Å²) in [5.74, 6) is -3.24. The molecule has 1 N–H and O–H groups in total. The Morgan fingerprint density at radius 1 is 1.59 bits per heavy atom. The Labute approximate surface area is 123 Å². The third kappa shape index (κ3) is 3.40. The average molecular weight is 318 g/mol. The van der Waals surface area contributed by atoms with Crippen molar-refractivity contribution in [3.05, 3.63) is 16.3 Å². The zero-order valence-electron chi connectivity index (χ0n) is 11.7. The number of hydrogen-bond donors (Lipinski definition) is 1. The molecule has 1 aliphatic rings. The smallest absolute Gasteiger partial charge is 0.331 e. The molecule has 2 rings (SSSR count). The van der Waals surface area contributed by atoms with E-state index >= 15 is 0 Å². The maximum atomic E-state index is 14.0. The minimum absolute atomic E-state index is 0.0287. The van der Waals surface area contributed by atoms with Crippen LogP contribution in [-0.4, -0.2) is 45.9 Å². The summed E-state index contributed by atoms with van der Waals surface area (Å²) in [6, 6.07) is -0.975. The van der Waals surface area contributed by atoms with Crippen LogP contribution in [0.2, 0.25) is 0 Å². The molecule has 22 heavy (non-hydrogen) atoms. The minimum Gasteiger partial charge on any atom is -0.530 e. The predicted octanol–water partition coefficient (Wildman–Crippen LogP) is -0.135. The first-order valence-electron chi connectivity index (χ1n) is 6.46. The summed E-state index contributed by atoms with van der Waals surface area (Å²) < 4.78 is 29.1. The van der Waals surface area contributed by atoms with Gasteiger partial charge < -0.3 is 20.1 Å². The van der Waals surface area contributed by atoms with Gasteiger partial charge in [0.1, 0.15) is 12.3 Å². The van der Waals surface area contributed by atoms with Gasteiger partial charge in [-0.1, -0.05) is 0 Å². The number of carboxylic acid groups (broad SMARTS) is 1. The first-order chi connectivity index (χ1) is 10.2. The van der Waals surface area contributed by atoms with Crippen molar-refractivity contribution in [3.8, 4) is 0 Å². The highest BCUT2D eigenvalue weighted by molar-refractivity contribution is 5.62. The molecule has 9 nitrogen and oxygen atoms in total. The number of amides is 1. The number of nitrogens with zero attached hydrogens (tertiary/aromatic N) is 4. The molecular weight excluding hydrogens is 304 g/mol. The van der Waals surface area contributed by atoms with Crippen LogP contribution in [0.4, 0.5) is 25.1 Å². The van der Waals surface area contributed by atoms with Gasteiger partial charge >= 0.3 is 5.69 Å². The zero-order chi connectivity index (χ0) is 16.5. The maximum Gasteiger partial charge on any atom is 0.331 e. The molecule has 0 radical (unpaired) electrons. The summed E-state index contributed by atoms with van der Waals surface area (Å²) in [6.45, 7) is -0.723. The maximum absolute atomic E-state index is 14.0. The molecule has 1 aliphatic heterocycles. The Hall–Kier alpha value is -2.46. The van der Waals surface area contributed by atoms with E-state index in [9.17, 15) is 28.8 Å². The molecule has 1 amide bonds.